The molecule has 0 atom stereocenters. The van der Waals surface area contributed by atoms with Gasteiger partial charge in [0.15, 0.2) is 12.0 Å². The van der Waals surface area contributed by atoms with Gasteiger partial charge in [-0.05, 0) is 11.6 Å². The van der Waals surface area contributed by atoms with Crippen LogP contribution >= 0.6 is 0 Å². The highest BCUT2D eigenvalue weighted by Crippen LogP contribution is 2.37. The molecule has 0 saturated carbocycles. The van der Waals surface area contributed by atoms with E-state index in [0.29, 0.717) is 11.4 Å². The highest BCUT2D eigenvalue weighted by Gasteiger charge is 2.16. The number of aldehydes is 1. The molecule has 20 heavy (non-hydrogen) atoms. The lowest BCUT2D eigenvalue weighted by Gasteiger charge is -2.13. The quantitative estimate of drug-likeness (QED) is 0.676. The van der Waals surface area contributed by atoms with E-state index in [-0.39, 0.29) is 0 Å². The molecule has 0 radical (unpaired) electrons. The Morgan fingerprint density at radius 3 is 2.40 bits per heavy atom. The van der Waals surface area contributed by atoms with E-state index in [4.69, 9.17) is 4.74 Å². The third-order valence-corrected chi connectivity index (χ3v) is 3.25. The van der Waals surface area contributed by atoms with Crippen molar-refractivity contribution >= 4 is 17.2 Å². The van der Waals surface area contributed by atoms with E-state index in [9.17, 15) is 4.79 Å². The van der Waals surface area contributed by atoms with E-state index in [0.717, 1.165) is 28.3 Å². The first-order valence-electron chi connectivity index (χ1n) is 6.32. The number of hydrogen-bond acceptors (Lipinski definition) is 3. The molecule has 3 rings (SSSR count). The molecule has 0 saturated heterocycles. The minimum Gasteiger partial charge on any atom is -0.494 e. The zero-order chi connectivity index (χ0) is 13.9. The summed E-state index contributed by atoms with van der Waals surface area (Å²) in [7, 11) is 1.56. The Balaban J connectivity index is 2.46. The van der Waals surface area contributed by atoms with Crippen LogP contribution in [0.15, 0.2) is 54.6 Å². The number of pyridine rings is 1. The third kappa shape index (κ3) is 1.93. The molecular formula is C17H13NO2. The maximum Gasteiger partial charge on any atom is 0.172 e. The first-order valence-corrected chi connectivity index (χ1v) is 6.32. The fourth-order valence-electron chi connectivity index (χ4n) is 2.39. The second kappa shape index (κ2) is 5.13. The van der Waals surface area contributed by atoms with Crippen molar-refractivity contribution in [1.29, 1.82) is 0 Å². The molecule has 3 nitrogen and oxygen atoms in total. The van der Waals surface area contributed by atoms with Gasteiger partial charge in [0.2, 0.25) is 0 Å². The lowest BCUT2D eigenvalue weighted by Crippen LogP contribution is -1.99. The average Bonchev–Trinajstić information content (AvgIpc) is 2.53. The molecular weight excluding hydrogens is 250 g/mol. The third-order valence-electron chi connectivity index (χ3n) is 3.25. The van der Waals surface area contributed by atoms with Crippen LogP contribution in [0.3, 0.4) is 0 Å². The minimum absolute atomic E-state index is 0.324. The molecule has 1 aromatic heterocycles. The fourth-order valence-corrected chi connectivity index (χ4v) is 2.39. The van der Waals surface area contributed by atoms with Gasteiger partial charge >= 0.3 is 0 Å². The molecule has 98 valence electrons. The Hall–Kier alpha value is -2.68. The van der Waals surface area contributed by atoms with Crippen molar-refractivity contribution < 1.29 is 9.53 Å². The van der Waals surface area contributed by atoms with Gasteiger partial charge in [-0.3, -0.25) is 4.79 Å². The van der Waals surface area contributed by atoms with E-state index in [2.05, 4.69) is 4.98 Å². The number of rotatable bonds is 3. The van der Waals surface area contributed by atoms with Gasteiger partial charge in [0.1, 0.15) is 5.69 Å². The van der Waals surface area contributed by atoms with E-state index < -0.39 is 0 Å². The summed E-state index contributed by atoms with van der Waals surface area (Å²) in [5.74, 6) is 0.518. The Morgan fingerprint density at radius 1 is 1.00 bits per heavy atom. The first-order chi connectivity index (χ1) is 9.85. The SMILES string of the molecule is COc1c(C=O)nc2ccccc2c1-c1ccccc1. The Kier molecular flexibility index (Phi) is 3.17. The molecule has 0 aliphatic carbocycles. The number of benzene rings is 2. The van der Waals surface area contributed by atoms with Crippen molar-refractivity contribution in [3.63, 3.8) is 0 Å². The summed E-state index contributed by atoms with van der Waals surface area (Å²) >= 11 is 0. The normalized spacial score (nSPS) is 10.4. The summed E-state index contributed by atoms with van der Waals surface area (Å²) in [6, 6.07) is 17.6. The van der Waals surface area contributed by atoms with Crippen LogP contribution in [0.4, 0.5) is 0 Å². The van der Waals surface area contributed by atoms with E-state index in [1.807, 2.05) is 54.6 Å². The second-order valence-electron chi connectivity index (χ2n) is 4.41. The van der Waals surface area contributed by atoms with Crippen LogP contribution in [0.25, 0.3) is 22.0 Å². The smallest absolute Gasteiger partial charge is 0.172 e. The first kappa shape index (κ1) is 12.4. The van der Waals surface area contributed by atoms with Crippen LogP contribution in [0.2, 0.25) is 0 Å². The van der Waals surface area contributed by atoms with Gasteiger partial charge < -0.3 is 4.74 Å². The van der Waals surface area contributed by atoms with Crippen LogP contribution in [0, 0.1) is 0 Å². The van der Waals surface area contributed by atoms with Crippen molar-refractivity contribution in [2.45, 2.75) is 0 Å². The largest absolute Gasteiger partial charge is 0.494 e. The van der Waals surface area contributed by atoms with Gasteiger partial charge in [-0.25, -0.2) is 4.98 Å². The standard InChI is InChI=1S/C17H13NO2/c1-20-17-15(11-19)18-14-10-6-5-9-13(14)16(17)12-7-3-2-4-8-12/h2-11H,1H3. The number of methoxy groups -OCH3 is 1. The van der Waals surface area contributed by atoms with Crippen LogP contribution in [0.1, 0.15) is 10.5 Å². The fraction of sp³-hybridized carbons (Fsp3) is 0.0588. The maximum absolute atomic E-state index is 11.3. The van der Waals surface area contributed by atoms with Gasteiger partial charge in [-0.15, -0.1) is 0 Å². The summed E-state index contributed by atoms with van der Waals surface area (Å²) in [5.41, 5.74) is 3.02. The van der Waals surface area contributed by atoms with Gasteiger partial charge in [-0.1, -0.05) is 48.5 Å². The number of hydrogen-bond donors (Lipinski definition) is 0. The molecule has 0 unspecified atom stereocenters. The molecule has 0 aliphatic heterocycles. The predicted octanol–water partition coefficient (Wildman–Crippen LogP) is 3.72. The predicted molar refractivity (Wildman–Crippen MR) is 79.1 cm³/mol. The van der Waals surface area contributed by atoms with E-state index in [1.165, 1.54) is 0 Å². The number of carbonyl (C=O) groups excluding carboxylic acids is 1. The van der Waals surface area contributed by atoms with Gasteiger partial charge in [0.05, 0.1) is 12.6 Å². The zero-order valence-electron chi connectivity index (χ0n) is 11.0. The number of carbonyl (C=O) groups is 1. The molecule has 0 aliphatic rings. The molecule has 0 amide bonds. The number of ether oxygens (including phenoxy) is 1. The number of para-hydroxylation sites is 1. The molecule has 3 heteroatoms. The summed E-state index contributed by atoms with van der Waals surface area (Å²) in [6.07, 6.45) is 0.734. The summed E-state index contributed by atoms with van der Waals surface area (Å²) in [5, 5.41) is 0.973. The Morgan fingerprint density at radius 2 is 1.70 bits per heavy atom. The van der Waals surface area contributed by atoms with Crippen molar-refractivity contribution in [1.82, 2.24) is 4.98 Å². The van der Waals surface area contributed by atoms with Crippen molar-refractivity contribution in [3.8, 4) is 16.9 Å². The van der Waals surface area contributed by atoms with Crippen molar-refractivity contribution in [2.24, 2.45) is 0 Å². The number of aromatic nitrogens is 1. The molecule has 0 N–H and O–H groups in total. The number of nitrogens with zero attached hydrogens (tertiary/aromatic N) is 1. The highest BCUT2D eigenvalue weighted by atomic mass is 16.5. The Bertz CT molecular complexity index is 767. The van der Waals surface area contributed by atoms with E-state index >= 15 is 0 Å². The van der Waals surface area contributed by atoms with Crippen LogP contribution in [0.5, 0.6) is 5.75 Å². The summed E-state index contributed by atoms with van der Waals surface area (Å²) < 4.78 is 5.44. The van der Waals surface area contributed by atoms with Crippen molar-refractivity contribution in [2.75, 3.05) is 7.11 Å². The second-order valence-corrected chi connectivity index (χ2v) is 4.41. The van der Waals surface area contributed by atoms with Gasteiger partial charge in [-0.2, -0.15) is 0 Å². The average molecular weight is 263 g/mol. The van der Waals surface area contributed by atoms with Gasteiger partial charge in [0.25, 0.3) is 0 Å². The van der Waals surface area contributed by atoms with Crippen LogP contribution < -0.4 is 4.74 Å². The molecule has 0 fully saturated rings. The summed E-state index contributed by atoms with van der Waals surface area (Å²) in [6.45, 7) is 0. The molecule has 2 aromatic carbocycles. The van der Waals surface area contributed by atoms with Gasteiger partial charge in [0, 0.05) is 10.9 Å². The molecule has 0 spiro atoms. The number of fused-ring (bicyclic) bond motifs is 1. The van der Waals surface area contributed by atoms with Crippen LogP contribution in [-0.2, 0) is 0 Å². The highest BCUT2D eigenvalue weighted by molar-refractivity contribution is 6.01. The van der Waals surface area contributed by atoms with E-state index in [1.54, 1.807) is 7.11 Å². The topological polar surface area (TPSA) is 39.2 Å². The summed E-state index contributed by atoms with van der Waals surface area (Å²) in [4.78, 5) is 15.6. The lowest BCUT2D eigenvalue weighted by molar-refractivity contribution is 0.111. The monoisotopic (exact) mass is 263 g/mol. The molecule has 0 bridgehead atoms. The van der Waals surface area contributed by atoms with Crippen molar-refractivity contribution in [3.05, 3.63) is 60.3 Å². The maximum atomic E-state index is 11.3. The lowest BCUT2D eigenvalue weighted by atomic mass is 9.99. The molecule has 3 aromatic rings. The Labute approximate surface area is 116 Å². The molecule has 1 heterocycles. The zero-order valence-corrected chi connectivity index (χ0v) is 11.0. The van der Waals surface area contributed by atoms with Crippen LogP contribution in [-0.4, -0.2) is 18.4 Å². The minimum atomic E-state index is 0.324.